The molecule has 0 radical (unpaired) electrons. The van der Waals surface area contributed by atoms with Gasteiger partial charge in [0.1, 0.15) is 0 Å². The van der Waals surface area contributed by atoms with E-state index in [4.69, 9.17) is 5.11 Å². The summed E-state index contributed by atoms with van der Waals surface area (Å²) in [5.41, 5.74) is 0. The van der Waals surface area contributed by atoms with Gasteiger partial charge in [0.15, 0.2) is 0 Å². The zero-order chi connectivity index (χ0) is 17.2. The number of ketones is 1. The minimum absolute atomic E-state index is 0.0420. The molecule has 0 saturated heterocycles. The van der Waals surface area contributed by atoms with Crippen molar-refractivity contribution in [1.82, 2.24) is 0 Å². The molecule has 1 N–H and O–H groups in total. The topological polar surface area (TPSA) is 54.4 Å². The highest BCUT2D eigenvalue weighted by Crippen LogP contribution is 2.06. The Balaban J connectivity index is 3.55. The Bertz CT molecular complexity index is 526. The summed E-state index contributed by atoms with van der Waals surface area (Å²) in [6, 6.07) is 0. The summed E-state index contributed by atoms with van der Waals surface area (Å²) >= 11 is 0. The highest BCUT2D eigenvalue weighted by Gasteiger charge is 2.08. The lowest BCUT2D eigenvalue weighted by Gasteiger charge is -1.96. The van der Waals surface area contributed by atoms with Gasteiger partial charge in [-0.25, -0.2) is 4.79 Å². The second-order valence-corrected chi connectivity index (χ2v) is 5.16. The molecule has 0 unspecified atom stereocenters. The number of Topliss-reactive ketones (excluding diaryl/α,β-unsaturated/α-hetero) is 1. The van der Waals surface area contributed by atoms with Crippen LogP contribution < -0.4 is 0 Å². The van der Waals surface area contributed by atoms with E-state index >= 15 is 0 Å². The van der Waals surface area contributed by atoms with Crippen molar-refractivity contribution in [3.05, 3.63) is 0 Å². The third kappa shape index (κ3) is 16.0. The number of hydrogen-bond acceptors (Lipinski definition) is 2. The molecule has 0 amide bonds. The first-order chi connectivity index (χ1) is 11.2. The second-order valence-electron chi connectivity index (χ2n) is 5.16. The molecule has 0 aliphatic heterocycles. The fourth-order valence-electron chi connectivity index (χ4n) is 1.79. The molecule has 0 fully saturated rings. The molecule has 0 heterocycles. The Morgan fingerprint density at radius 3 is 1.87 bits per heavy atom. The Morgan fingerprint density at radius 1 is 0.739 bits per heavy atom. The predicted molar refractivity (Wildman–Crippen MR) is 92.4 cm³/mol. The van der Waals surface area contributed by atoms with Gasteiger partial charge in [0.2, 0.25) is 5.78 Å². The maximum Gasteiger partial charge on any atom is 0.372 e. The van der Waals surface area contributed by atoms with Crippen molar-refractivity contribution in [2.75, 3.05) is 0 Å². The van der Waals surface area contributed by atoms with E-state index in [1.807, 2.05) is 0 Å². The lowest BCUT2D eigenvalue weighted by Crippen LogP contribution is -2.11. The molecule has 0 aliphatic carbocycles. The lowest BCUT2D eigenvalue weighted by molar-refractivity contribution is -0.149. The molecule has 0 atom stereocenters. The average Bonchev–Trinajstić information content (AvgIpc) is 2.54. The van der Waals surface area contributed by atoms with Gasteiger partial charge in [0.25, 0.3) is 0 Å². The normalized spacial score (nSPS) is 8.74. The number of hydrogen-bond donors (Lipinski definition) is 1. The van der Waals surface area contributed by atoms with E-state index in [0.29, 0.717) is 12.8 Å². The van der Waals surface area contributed by atoms with Crippen LogP contribution >= 0.6 is 0 Å². The number of carbonyl (C=O) groups is 2. The highest BCUT2D eigenvalue weighted by atomic mass is 16.4. The standard InChI is InChI=1S/C20H26O3/c1-2-3-4-5-6-7-8-9-10-11-12-13-14-15-16-17-18-19(21)20(22)23/h2-8,11,14,17-18H2,1H3,(H,22,23). The van der Waals surface area contributed by atoms with Gasteiger partial charge in [-0.05, 0) is 6.42 Å². The summed E-state index contributed by atoms with van der Waals surface area (Å²) < 4.78 is 0. The number of carbonyl (C=O) groups excluding carboxylic acids is 1. The third-order valence-corrected chi connectivity index (χ3v) is 3.10. The van der Waals surface area contributed by atoms with Crippen molar-refractivity contribution in [1.29, 1.82) is 0 Å². The van der Waals surface area contributed by atoms with Crippen molar-refractivity contribution < 1.29 is 14.7 Å². The van der Waals surface area contributed by atoms with E-state index in [9.17, 15) is 9.59 Å². The largest absolute Gasteiger partial charge is 0.476 e. The zero-order valence-electron chi connectivity index (χ0n) is 14.0. The molecule has 23 heavy (non-hydrogen) atoms. The fourth-order valence-corrected chi connectivity index (χ4v) is 1.79. The smallest absolute Gasteiger partial charge is 0.372 e. The van der Waals surface area contributed by atoms with Crippen LogP contribution in [0.4, 0.5) is 0 Å². The number of carboxylic acids is 1. The summed E-state index contributed by atoms with van der Waals surface area (Å²) in [6.45, 7) is 2.22. The molecule has 0 aromatic carbocycles. The van der Waals surface area contributed by atoms with Crippen molar-refractivity contribution in [3.63, 3.8) is 0 Å². The summed E-state index contributed by atoms with van der Waals surface area (Å²) in [5, 5.41) is 8.37. The van der Waals surface area contributed by atoms with Crippen LogP contribution in [0.15, 0.2) is 0 Å². The second kappa shape index (κ2) is 16.2. The molecule has 0 aromatic heterocycles. The molecular weight excluding hydrogens is 288 g/mol. The van der Waals surface area contributed by atoms with Gasteiger partial charge >= 0.3 is 5.97 Å². The van der Waals surface area contributed by atoms with Gasteiger partial charge in [-0.2, -0.15) is 0 Å². The van der Waals surface area contributed by atoms with Crippen LogP contribution in [0.1, 0.15) is 77.6 Å². The van der Waals surface area contributed by atoms with Gasteiger partial charge in [0, 0.05) is 19.3 Å². The molecule has 0 bridgehead atoms. The first kappa shape index (κ1) is 20.8. The van der Waals surface area contributed by atoms with Crippen molar-refractivity contribution in [3.8, 4) is 35.5 Å². The molecule has 0 spiro atoms. The van der Waals surface area contributed by atoms with Crippen molar-refractivity contribution in [2.45, 2.75) is 77.6 Å². The molecular formula is C20H26O3. The lowest BCUT2D eigenvalue weighted by atomic mass is 10.1. The van der Waals surface area contributed by atoms with Gasteiger partial charge < -0.3 is 5.11 Å². The predicted octanol–water partition coefficient (Wildman–Crippen LogP) is 3.96. The monoisotopic (exact) mass is 314 g/mol. The van der Waals surface area contributed by atoms with Crippen molar-refractivity contribution in [2.24, 2.45) is 0 Å². The van der Waals surface area contributed by atoms with Crippen molar-refractivity contribution >= 4 is 11.8 Å². The Kier molecular flexibility index (Phi) is 14.7. The number of carboxylic acid groups (broad SMARTS) is 1. The van der Waals surface area contributed by atoms with Crippen LogP contribution in [0, 0.1) is 35.5 Å². The van der Waals surface area contributed by atoms with E-state index in [2.05, 4.69) is 42.4 Å². The number of aliphatic carboxylic acids is 1. The highest BCUT2D eigenvalue weighted by molar-refractivity contribution is 6.32. The van der Waals surface area contributed by atoms with Gasteiger partial charge in [-0.15, -0.1) is 11.8 Å². The summed E-state index contributed by atoms with van der Waals surface area (Å²) in [5.74, 6) is 15.3. The minimum Gasteiger partial charge on any atom is -0.476 e. The average molecular weight is 314 g/mol. The maximum absolute atomic E-state index is 10.8. The van der Waals surface area contributed by atoms with Crippen LogP contribution in [0.25, 0.3) is 0 Å². The summed E-state index contributed by atoms with van der Waals surface area (Å²) in [6.07, 6.45) is 9.87. The Hall–Kier alpha value is -2.18. The van der Waals surface area contributed by atoms with Crippen LogP contribution in [0.2, 0.25) is 0 Å². The van der Waals surface area contributed by atoms with Crippen LogP contribution in [0.3, 0.4) is 0 Å². The van der Waals surface area contributed by atoms with Crippen LogP contribution in [-0.4, -0.2) is 16.9 Å². The van der Waals surface area contributed by atoms with Crippen LogP contribution in [0.5, 0.6) is 0 Å². The summed E-state index contributed by atoms with van der Waals surface area (Å²) in [7, 11) is 0. The molecule has 3 nitrogen and oxygen atoms in total. The third-order valence-electron chi connectivity index (χ3n) is 3.10. The number of rotatable bonds is 9. The SMILES string of the molecule is CCCCCCCCC#CCC#CCC#CCCC(=O)C(=O)O. The van der Waals surface area contributed by atoms with E-state index in [1.54, 1.807) is 0 Å². The molecule has 0 aliphatic rings. The molecule has 124 valence electrons. The first-order valence-corrected chi connectivity index (χ1v) is 8.31. The van der Waals surface area contributed by atoms with Gasteiger partial charge in [-0.1, -0.05) is 62.7 Å². The summed E-state index contributed by atoms with van der Waals surface area (Å²) in [4.78, 5) is 21.0. The maximum atomic E-state index is 10.8. The van der Waals surface area contributed by atoms with Gasteiger partial charge in [-0.3, -0.25) is 4.79 Å². The molecule has 0 rings (SSSR count). The Morgan fingerprint density at radius 2 is 1.26 bits per heavy atom. The van der Waals surface area contributed by atoms with E-state index in [1.165, 1.54) is 38.5 Å². The molecule has 0 aromatic rings. The fraction of sp³-hybridized carbons (Fsp3) is 0.600. The number of unbranched alkanes of at least 4 members (excludes halogenated alkanes) is 6. The van der Waals surface area contributed by atoms with Gasteiger partial charge in [0.05, 0.1) is 12.8 Å². The van der Waals surface area contributed by atoms with E-state index in [0.717, 1.165) is 6.42 Å². The molecule has 3 heteroatoms. The zero-order valence-corrected chi connectivity index (χ0v) is 14.0. The first-order valence-electron chi connectivity index (χ1n) is 8.31. The van der Waals surface area contributed by atoms with Crippen LogP contribution in [-0.2, 0) is 9.59 Å². The van der Waals surface area contributed by atoms with E-state index < -0.39 is 11.8 Å². The quantitative estimate of drug-likeness (QED) is 0.398. The van der Waals surface area contributed by atoms with E-state index in [-0.39, 0.29) is 12.8 Å². The Labute approximate surface area is 140 Å². The molecule has 0 saturated carbocycles. The minimum atomic E-state index is -1.40.